The average molecular weight is 286 g/mol. The number of hydrogen-bond acceptors (Lipinski definition) is 5. The number of likely N-dealkylation sites (N-methyl/N-ethyl adjacent to an activating group) is 1. The topological polar surface area (TPSA) is 75.9 Å². The first-order valence-electron chi connectivity index (χ1n) is 7.04. The lowest BCUT2D eigenvalue weighted by Gasteiger charge is -2.30. The van der Waals surface area contributed by atoms with E-state index in [1.54, 1.807) is 9.58 Å². The summed E-state index contributed by atoms with van der Waals surface area (Å²) in [7, 11) is 1.84. The summed E-state index contributed by atoms with van der Waals surface area (Å²) in [5.74, 6) is 0.975. The number of para-hydroxylation sites is 1. The van der Waals surface area contributed by atoms with Crippen LogP contribution in [0.1, 0.15) is 18.7 Å². The molecule has 1 atom stereocenters. The van der Waals surface area contributed by atoms with Crippen molar-refractivity contribution in [1.29, 1.82) is 0 Å². The molecular formula is C14H18N6O. The van der Waals surface area contributed by atoms with Gasteiger partial charge in [0, 0.05) is 26.1 Å². The maximum Gasteiger partial charge on any atom is 0.222 e. The largest absolute Gasteiger partial charge is 0.344 e. The van der Waals surface area contributed by atoms with Crippen LogP contribution in [0.4, 0.5) is 0 Å². The van der Waals surface area contributed by atoms with Gasteiger partial charge in [-0.15, -0.1) is 5.10 Å². The van der Waals surface area contributed by atoms with Crippen LogP contribution in [0.25, 0.3) is 5.69 Å². The Balaban J connectivity index is 1.64. The first-order valence-corrected chi connectivity index (χ1v) is 7.04. The minimum Gasteiger partial charge on any atom is -0.344 e. The number of rotatable bonds is 4. The summed E-state index contributed by atoms with van der Waals surface area (Å²) in [6.07, 6.45) is 1.45. The molecule has 1 N–H and O–H groups in total. The van der Waals surface area contributed by atoms with Crippen LogP contribution >= 0.6 is 0 Å². The van der Waals surface area contributed by atoms with E-state index < -0.39 is 0 Å². The van der Waals surface area contributed by atoms with Crippen molar-refractivity contribution in [3.8, 4) is 5.69 Å². The number of likely N-dealkylation sites (tertiary alicyclic amines) is 1. The fourth-order valence-corrected chi connectivity index (χ4v) is 2.50. The summed E-state index contributed by atoms with van der Waals surface area (Å²) in [5.41, 5.74) is 0.940. The zero-order valence-corrected chi connectivity index (χ0v) is 11.9. The lowest BCUT2D eigenvalue weighted by Crippen LogP contribution is -2.46. The van der Waals surface area contributed by atoms with Gasteiger partial charge in [-0.1, -0.05) is 18.2 Å². The highest BCUT2D eigenvalue weighted by atomic mass is 16.2. The molecule has 0 spiro atoms. The number of tetrazole rings is 1. The Morgan fingerprint density at radius 2 is 2.14 bits per heavy atom. The Bertz CT molecular complexity index is 611. The molecule has 0 radical (unpaired) electrons. The van der Waals surface area contributed by atoms with E-state index in [2.05, 4.69) is 20.8 Å². The van der Waals surface area contributed by atoms with E-state index in [4.69, 9.17) is 0 Å². The second kappa shape index (κ2) is 6.01. The summed E-state index contributed by atoms with van der Waals surface area (Å²) < 4.78 is 1.73. The number of nitrogens with one attached hydrogen (secondary N) is 1. The van der Waals surface area contributed by atoms with Gasteiger partial charge in [-0.3, -0.25) is 4.79 Å². The van der Waals surface area contributed by atoms with E-state index in [1.165, 1.54) is 0 Å². The van der Waals surface area contributed by atoms with Gasteiger partial charge in [0.1, 0.15) is 0 Å². The molecule has 1 fully saturated rings. The van der Waals surface area contributed by atoms with Crippen molar-refractivity contribution in [2.45, 2.75) is 25.4 Å². The molecule has 1 aliphatic heterocycles. The molecule has 110 valence electrons. The number of piperidine rings is 1. The zero-order valence-electron chi connectivity index (χ0n) is 11.9. The Morgan fingerprint density at radius 3 is 2.90 bits per heavy atom. The van der Waals surface area contributed by atoms with Gasteiger partial charge in [0.25, 0.3) is 0 Å². The van der Waals surface area contributed by atoms with E-state index >= 15 is 0 Å². The van der Waals surface area contributed by atoms with Gasteiger partial charge in [0.15, 0.2) is 5.82 Å². The van der Waals surface area contributed by atoms with E-state index in [9.17, 15) is 4.79 Å². The SMILES string of the molecule is CN1CC(NCc2nnnn2-c2ccccc2)CCC1=O. The second-order valence-corrected chi connectivity index (χ2v) is 5.23. The van der Waals surface area contributed by atoms with Crippen LogP contribution in [0, 0.1) is 0 Å². The van der Waals surface area contributed by atoms with Gasteiger partial charge >= 0.3 is 0 Å². The quantitative estimate of drug-likeness (QED) is 0.879. The van der Waals surface area contributed by atoms with Crippen LogP contribution in [-0.2, 0) is 11.3 Å². The van der Waals surface area contributed by atoms with Gasteiger partial charge in [-0.25, -0.2) is 0 Å². The Hall–Kier alpha value is -2.28. The lowest BCUT2D eigenvalue weighted by molar-refractivity contribution is -0.132. The third-order valence-corrected chi connectivity index (χ3v) is 3.71. The fourth-order valence-electron chi connectivity index (χ4n) is 2.50. The Morgan fingerprint density at radius 1 is 1.33 bits per heavy atom. The molecule has 3 rings (SSSR count). The van der Waals surface area contributed by atoms with Crippen molar-refractivity contribution in [1.82, 2.24) is 30.4 Å². The minimum atomic E-state index is 0.210. The highest BCUT2D eigenvalue weighted by Gasteiger charge is 2.22. The maximum atomic E-state index is 11.5. The van der Waals surface area contributed by atoms with Gasteiger partial charge in [0.2, 0.25) is 5.91 Å². The van der Waals surface area contributed by atoms with Crippen molar-refractivity contribution in [3.05, 3.63) is 36.2 Å². The van der Waals surface area contributed by atoms with Crippen LogP contribution < -0.4 is 5.32 Å². The van der Waals surface area contributed by atoms with Gasteiger partial charge in [-0.05, 0) is 29.0 Å². The molecule has 1 aromatic heterocycles. The summed E-state index contributed by atoms with van der Waals surface area (Å²) >= 11 is 0. The van der Waals surface area contributed by atoms with Crippen molar-refractivity contribution in [2.75, 3.05) is 13.6 Å². The summed E-state index contributed by atoms with van der Waals surface area (Å²) in [4.78, 5) is 13.2. The van der Waals surface area contributed by atoms with Crippen molar-refractivity contribution >= 4 is 5.91 Å². The number of aromatic nitrogens is 4. The van der Waals surface area contributed by atoms with Gasteiger partial charge in [0.05, 0.1) is 12.2 Å². The van der Waals surface area contributed by atoms with E-state index in [1.807, 2.05) is 37.4 Å². The Labute approximate surface area is 122 Å². The number of carbonyl (C=O) groups excluding carboxylic acids is 1. The average Bonchev–Trinajstić information content (AvgIpc) is 2.98. The number of amides is 1. The molecule has 21 heavy (non-hydrogen) atoms. The zero-order chi connectivity index (χ0) is 14.7. The van der Waals surface area contributed by atoms with Crippen LogP contribution in [0.15, 0.2) is 30.3 Å². The highest BCUT2D eigenvalue weighted by Crippen LogP contribution is 2.11. The lowest BCUT2D eigenvalue weighted by atomic mass is 10.1. The van der Waals surface area contributed by atoms with E-state index in [0.29, 0.717) is 13.0 Å². The summed E-state index contributed by atoms with van der Waals surface area (Å²) in [6, 6.07) is 10.1. The molecule has 2 aromatic rings. The monoisotopic (exact) mass is 286 g/mol. The van der Waals surface area contributed by atoms with Crippen LogP contribution in [0.5, 0.6) is 0 Å². The molecule has 0 aliphatic carbocycles. The normalized spacial score (nSPS) is 19.0. The first kappa shape index (κ1) is 13.7. The Kier molecular flexibility index (Phi) is 3.92. The summed E-state index contributed by atoms with van der Waals surface area (Å²) in [6.45, 7) is 1.31. The third kappa shape index (κ3) is 3.08. The van der Waals surface area contributed by atoms with E-state index in [0.717, 1.165) is 24.5 Å². The maximum absolute atomic E-state index is 11.5. The van der Waals surface area contributed by atoms with E-state index in [-0.39, 0.29) is 11.9 Å². The third-order valence-electron chi connectivity index (χ3n) is 3.71. The first-order chi connectivity index (χ1) is 10.2. The molecular weight excluding hydrogens is 268 g/mol. The molecule has 2 heterocycles. The number of carbonyl (C=O) groups is 1. The van der Waals surface area contributed by atoms with Crippen molar-refractivity contribution in [3.63, 3.8) is 0 Å². The molecule has 1 aliphatic rings. The molecule has 1 unspecified atom stereocenters. The van der Waals surface area contributed by atoms with Crippen LogP contribution in [0.3, 0.4) is 0 Å². The number of benzene rings is 1. The summed E-state index contributed by atoms with van der Waals surface area (Å²) in [5, 5.41) is 15.3. The van der Waals surface area contributed by atoms with Gasteiger partial charge in [-0.2, -0.15) is 4.68 Å². The molecule has 7 heteroatoms. The standard InChI is InChI=1S/C14H18N6O/c1-19-10-11(7-8-14(19)21)15-9-13-16-17-18-20(13)12-5-3-2-4-6-12/h2-6,11,15H,7-10H2,1H3. The predicted octanol–water partition coefficient (Wildman–Crippen LogP) is 0.373. The highest BCUT2D eigenvalue weighted by molar-refractivity contribution is 5.76. The molecule has 1 saturated heterocycles. The molecule has 7 nitrogen and oxygen atoms in total. The molecule has 0 saturated carbocycles. The predicted molar refractivity (Wildman–Crippen MR) is 76.7 cm³/mol. The van der Waals surface area contributed by atoms with Crippen LogP contribution in [-0.4, -0.2) is 50.6 Å². The van der Waals surface area contributed by atoms with Crippen LogP contribution in [0.2, 0.25) is 0 Å². The minimum absolute atomic E-state index is 0.210. The molecule has 1 aromatic carbocycles. The smallest absolute Gasteiger partial charge is 0.222 e. The van der Waals surface area contributed by atoms with Crippen molar-refractivity contribution in [2.24, 2.45) is 0 Å². The number of nitrogens with zero attached hydrogens (tertiary/aromatic N) is 5. The number of hydrogen-bond donors (Lipinski definition) is 1. The van der Waals surface area contributed by atoms with Gasteiger partial charge < -0.3 is 10.2 Å². The van der Waals surface area contributed by atoms with Crippen molar-refractivity contribution < 1.29 is 4.79 Å². The second-order valence-electron chi connectivity index (χ2n) is 5.23. The molecule has 0 bridgehead atoms. The fraction of sp³-hybridized carbons (Fsp3) is 0.429. The molecule has 1 amide bonds.